The molecule has 158 valence electrons. The van der Waals surface area contributed by atoms with E-state index < -0.39 is 33.6 Å². The lowest BCUT2D eigenvalue weighted by Gasteiger charge is -2.24. The lowest BCUT2D eigenvalue weighted by Crippen LogP contribution is -2.38. The number of benzene rings is 1. The average molecular weight is 429 g/mol. The Morgan fingerprint density at radius 3 is 2.86 bits per heavy atom. The first kappa shape index (κ1) is 21.3. The van der Waals surface area contributed by atoms with Crippen LogP contribution < -0.4 is 5.32 Å². The third kappa shape index (κ3) is 4.77. The molecule has 29 heavy (non-hydrogen) atoms. The first-order valence-electron chi connectivity index (χ1n) is 8.97. The van der Waals surface area contributed by atoms with E-state index in [-0.39, 0.29) is 23.7 Å². The summed E-state index contributed by atoms with van der Waals surface area (Å²) in [4.78, 5) is 11.7. The summed E-state index contributed by atoms with van der Waals surface area (Å²) in [6.07, 6.45) is 2.62. The molecule has 9 nitrogen and oxygen atoms in total. The van der Waals surface area contributed by atoms with Crippen LogP contribution in [0.1, 0.15) is 23.3 Å². The predicted octanol–water partition coefficient (Wildman–Crippen LogP) is 0.786. The zero-order chi connectivity index (χ0) is 21.0. The summed E-state index contributed by atoms with van der Waals surface area (Å²) in [6.45, 7) is 1.12. The molecule has 0 bridgehead atoms. The van der Waals surface area contributed by atoms with Crippen LogP contribution in [0, 0.1) is 11.6 Å². The first-order chi connectivity index (χ1) is 13.8. The van der Waals surface area contributed by atoms with Crippen LogP contribution in [0.3, 0.4) is 0 Å². The number of hydrogen-bond acceptors (Lipinski definition) is 6. The molecule has 1 fully saturated rings. The van der Waals surface area contributed by atoms with E-state index in [0.29, 0.717) is 32.1 Å². The summed E-state index contributed by atoms with van der Waals surface area (Å²) < 4.78 is 59.9. The Balaban J connectivity index is 1.71. The van der Waals surface area contributed by atoms with Crippen molar-refractivity contribution in [1.82, 2.24) is 24.6 Å². The van der Waals surface area contributed by atoms with Gasteiger partial charge in [-0.2, -0.15) is 4.31 Å². The number of nitrogens with one attached hydrogen (secondary N) is 1. The van der Waals surface area contributed by atoms with Crippen molar-refractivity contribution in [1.29, 1.82) is 0 Å². The highest BCUT2D eigenvalue weighted by Gasteiger charge is 2.36. The highest BCUT2D eigenvalue weighted by Crippen LogP contribution is 2.27. The van der Waals surface area contributed by atoms with Crippen molar-refractivity contribution >= 4 is 15.9 Å². The Bertz CT molecular complexity index is 982. The fourth-order valence-corrected chi connectivity index (χ4v) is 4.84. The number of carbonyl (C=O) groups excluding carboxylic acids is 1. The number of aromatic nitrogens is 3. The summed E-state index contributed by atoms with van der Waals surface area (Å²) in [6, 6.07) is 2.07. The van der Waals surface area contributed by atoms with Crippen LogP contribution in [0.2, 0.25) is 0 Å². The van der Waals surface area contributed by atoms with Crippen molar-refractivity contribution in [3.63, 3.8) is 0 Å². The highest BCUT2D eigenvalue weighted by atomic mass is 32.2. The van der Waals surface area contributed by atoms with Gasteiger partial charge in [0, 0.05) is 26.2 Å². The van der Waals surface area contributed by atoms with Crippen LogP contribution in [0.4, 0.5) is 8.78 Å². The Hall–Kier alpha value is -2.44. The van der Waals surface area contributed by atoms with Gasteiger partial charge in [0.2, 0.25) is 10.0 Å². The molecule has 2 aromatic rings. The summed E-state index contributed by atoms with van der Waals surface area (Å²) >= 11 is 0. The molecule has 0 radical (unpaired) electrons. The molecule has 1 aromatic heterocycles. The van der Waals surface area contributed by atoms with E-state index in [1.54, 1.807) is 0 Å². The molecular formula is C17H21F2N5O4S. The standard InChI is InChI=1S/C17H21F2N5O4S/c1-28-8-6-20-17(25)16-11-23(22-21-16)10-12-3-2-7-24(12)29(26,27)13-4-5-14(18)15(19)9-13/h4-5,9,11-12H,2-3,6-8,10H2,1H3,(H,20,25)/t12-/m0/s1. The third-order valence-electron chi connectivity index (χ3n) is 4.58. The van der Waals surface area contributed by atoms with Gasteiger partial charge in [0.15, 0.2) is 17.3 Å². The van der Waals surface area contributed by atoms with E-state index in [1.165, 1.54) is 22.3 Å². The number of hydrogen-bond donors (Lipinski definition) is 1. The molecule has 1 saturated heterocycles. The van der Waals surface area contributed by atoms with E-state index in [4.69, 9.17) is 4.74 Å². The van der Waals surface area contributed by atoms with E-state index in [2.05, 4.69) is 15.6 Å². The number of ether oxygens (including phenoxy) is 1. The van der Waals surface area contributed by atoms with Gasteiger partial charge in [0.25, 0.3) is 5.91 Å². The van der Waals surface area contributed by atoms with Gasteiger partial charge in [-0.1, -0.05) is 5.21 Å². The fourth-order valence-electron chi connectivity index (χ4n) is 3.15. The second-order valence-corrected chi connectivity index (χ2v) is 8.45. The van der Waals surface area contributed by atoms with Crippen LogP contribution in [0.5, 0.6) is 0 Å². The van der Waals surface area contributed by atoms with Crippen molar-refractivity contribution in [3.05, 3.63) is 41.7 Å². The maximum Gasteiger partial charge on any atom is 0.273 e. The van der Waals surface area contributed by atoms with Crippen LogP contribution in [0.15, 0.2) is 29.3 Å². The predicted molar refractivity (Wildman–Crippen MR) is 97.5 cm³/mol. The maximum absolute atomic E-state index is 13.5. The average Bonchev–Trinajstić information content (AvgIpc) is 3.34. The van der Waals surface area contributed by atoms with Crippen molar-refractivity contribution < 1.29 is 26.7 Å². The molecule has 1 aliphatic rings. The highest BCUT2D eigenvalue weighted by molar-refractivity contribution is 7.89. The molecule has 0 aliphatic carbocycles. The molecule has 1 atom stereocenters. The molecule has 1 amide bonds. The first-order valence-corrected chi connectivity index (χ1v) is 10.4. The Kier molecular flexibility index (Phi) is 6.55. The molecule has 1 aromatic carbocycles. The van der Waals surface area contributed by atoms with Crippen LogP contribution in [-0.2, 0) is 21.3 Å². The topological polar surface area (TPSA) is 106 Å². The lowest BCUT2D eigenvalue weighted by molar-refractivity contribution is 0.0932. The Morgan fingerprint density at radius 2 is 2.14 bits per heavy atom. The van der Waals surface area contributed by atoms with E-state index in [0.717, 1.165) is 12.1 Å². The Morgan fingerprint density at radius 1 is 1.34 bits per heavy atom. The van der Waals surface area contributed by atoms with Gasteiger partial charge < -0.3 is 10.1 Å². The molecule has 0 unspecified atom stereocenters. The van der Waals surface area contributed by atoms with Crippen molar-refractivity contribution in [2.75, 3.05) is 26.8 Å². The zero-order valence-corrected chi connectivity index (χ0v) is 16.5. The summed E-state index contributed by atoms with van der Waals surface area (Å²) in [5.74, 6) is -2.74. The van der Waals surface area contributed by atoms with Crippen molar-refractivity contribution in [2.45, 2.75) is 30.3 Å². The van der Waals surface area contributed by atoms with Crippen molar-refractivity contribution in [3.8, 4) is 0 Å². The molecule has 12 heteroatoms. The van der Waals surface area contributed by atoms with Gasteiger partial charge in [-0.05, 0) is 31.0 Å². The smallest absolute Gasteiger partial charge is 0.273 e. The molecule has 0 saturated carbocycles. The molecule has 1 N–H and O–H groups in total. The summed E-state index contributed by atoms with van der Waals surface area (Å²) in [5, 5.41) is 10.3. The quantitative estimate of drug-likeness (QED) is 0.622. The van der Waals surface area contributed by atoms with Crippen LogP contribution in [-0.4, -0.2) is 66.5 Å². The minimum Gasteiger partial charge on any atom is -0.383 e. The number of halogens is 2. The van der Waals surface area contributed by atoms with E-state index >= 15 is 0 Å². The third-order valence-corrected chi connectivity index (χ3v) is 6.53. The fraction of sp³-hybridized carbons (Fsp3) is 0.471. The van der Waals surface area contributed by atoms with Gasteiger partial charge in [-0.15, -0.1) is 5.10 Å². The largest absolute Gasteiger partial charge is 0.383 e. The lowest BCUT2D eigenvalue weighted by atomic mass is 10.2. The zero-order valence-electron chi connectivity index (χ0n) is 15.7. The van der Waals surface area contributed by atoms with Gasteiger partial charge in [-0.3, -0.25) is 9.48 Å². The second-order valence-electron chi connectivity index (χ2n) is 6.56. The van der Waals surface area contributed by atoms with Crippen LogP contribution in [0.25, 0.3) is 0 Å². The summed E-state index contributed by atoms with van der Waals surface area (Å²) in [7, 11) is -2.48. The number of methoxy groups -OCH3 is 1. The Labute approximate surface area is 166 Å². The van der Waals surface area contributed by atoms with E-state index in [1.807, 2.05) is 0 Å². The minimum atomic E-state index is -4.00. The second kappa shape index (κ2) is 8.93. The molecular weight excluding hydrogens is 408 g/mol. The van der Waals surface area contributed by atoms with Gasteiger partial charge in [-0.25, -0.2) is 17.2 Å². The number of nitrogens with zero attached hydrogens (tertiary/aromatic N) is 4. The van der Waals surface area contributed by atoms with Gasteiger partial charge in [0.05, 0.1) is 24.2 Å². The van der Waals surface area contributed by atoms with Crippen LogP contribution >= 0.6 is 0 Å². The number of rotatable bonds is 8. The molecule has 1 aliphatic heterocycles. The van der Waals surface area contributed by atoms with Gasteiger partial charge >= 0.3 is 0 Å². The normalized spacial score (nSPS) is 17.6. The molecule has 2 heterocycles. The minimum absolute atomic E-state index is 0.106. The number of amides is 1. The maximum atomic E-state index is 13.5. The molecule has 0 spiro atoms. The van der Waals surface area contributed by atoms with Gasteiger partial charge in [0.1, 0.15) is 0 Å². The van der Waals surface area contributed by atoms with Crippen molar-refractivity contribution in [2.24, 2.45) is 0 Å². The van der Waals surface area contributed by atoms with E-state index in [9.17, 15) is 22.0 Å². The number of sulfonamides is 1. The molecule has 3 rings (SSSR count). The SMILES string of the molecule is COCCNC(=O)c1cn(C[C@@H]2CCCN2S(=O)(=O)c2ccc(F)c(F)c2)nn1. The number of carbonyl (C=O) groups is 1. The summed E-state index contributed by atoms with van der Waals surface area (Å²) in [5.41, 5.74) is 0.106. The monoisotopic (exact) mass is 429 g/mol.